The Morgan fingerprint density at radius 1 is 1.04 bits per heavy atom. The zero-order chi connectivity index (χ0) is 16.9. The summed E-state index contributed by atoms with van der Waals surface area (Å²) in [6.07, 6.45) is 6.27. The first-order valence-corrected chi connectivity index (χ1v) is 8.37. The van der Waals surface area contributed by atoms with E-state index < -0.39 is 0 Å². The lowest BCUT2D eigenvalue weighted by Crippen LogP contribution is -2.35. The molecule has 1 aliphatic rings. The number of unbranched alkanes of at least 4 members (excludes halogenated alkanes) is 3. The summed E-state index contributed by atoms with van der Waals surface area (Å²) >= 11 is 0. The molecule has 0 spiro atoms. The third kappa shape index (κ3) is 4.55. The number of nitroso groups, excluding NO2 is 1. The Hall–Kier alpha value is -1.88. The molecule has 5 nitrogen and oxygen atoms in total. The number of fused-ring (bicyclic) bond motifs is 1. The molecule has 0 aromatic heterocycles. The molecule has 0 N–H and O–H groups in total. The smallest absolute Gasteiger partial charge is 0.135 e. The summed E-state index contributed by atoms with van der Waals surface area (Å²) in [7, 11) is 8.69. The standard InChI is InChI=1S/C18H29N4O/c1-20-16-11-7-8-12-17(16)21(18(20)15-19-23)13-9-5-6-10-14-22(2,3)4/h7-8,11-12,15H,5-6,9-10,13-14H2,1-4H3/q+1/b18-15+. The molecule has 0 atom stereocenters. The zero-order valence-electron chi connectivity index (χ0n) is 14.8. The van der Waals surface area contributed by atoms with Crippen molar-refractivity contribution in [1.82, 2.24) is 0 Å². The minimum absolute atomic E-state index is 0.868. The number of benzene rings is 1. The van der Waals surface area contributed by atoms with Gasteiger partial charge in [-0.2, -0.15) is 0 Å². The second kappa shape index (κ2) is 7.59. The van der Waals surface area contributed by atoms with Crippen molar-refractivity contribution in [2.45, 2.75) is 25.7 Å². The molecule has 126 valence electrons. The van der Waals surface area contributed by atoms with Crippen LogP contribution in [-0.2, 0) is 0 Å². The summed E-state index contributed by atoms with van der Waals surface area (Å²) in [5, 5.41) is 2.99. The summed E-state index contributed by atoms with van der Waals surface area (Å²) in [5.74, 6) is 0.868. The molecular formula is C18H29N4O+. The van der Waals surface area contributed by atoms with E-state index in [0.29, 0.717) is 0 Å². The lowest BCUT2D eigenvalue weighted by molar-refractivity contribution is -0.870. The van der Waals surface area contributed by atoms with Crippen LogP contribution in [0.4, 0.5) is 11.4 Å². The Bertz CT molecular complexity index is 562. The van der Waals surface area contributed by atoms with Crippen LogP contribution in [0.25, 0.3) is 0 Å². The quantitative estimate of drug-likeness (QED) is 0.416. The highest BCUT2D eigenvalue weighted by atomic mass is 16.2. The number of hydrogen-bond donors (Lipinski definition) is 0. The van der Waals surface area contributed by atoms with Crippen molar-refractivity contribution in [1.29, 1.82) is 0 Å². The van der Waals surface area contributed by atoms with E-state index in [1.165, 1.54) is 32.0 Å². The summed E-state index contributed by atoms with van der Waals surface area (Å²) < 4.78 is 1.03. The molecule has 1 aliphatic heterocycles. The van der Waals surface area contributed by atoms with Gasteiger partial charge in [-0.3, -0.25) is 0 Å². The van der Waals surface area contributed by atoms with Crippen molar-refractivity contribution >= 4 is 11.4 Å². The van der Waals surface area contributed by atoms with Crippen LogP contribution in [0.1, 0.15) is 25.7 Å². The highest BCUT2D eigenvalue weighted by Gasteiger charge is 2.28. The molecule has 0 bridgehead atoms. The van der Waals surface area contributed by atoms with E-state index in [4.69, 9.17) is 0 Å². The Morgan fingerprint density at radius 3 is 2.35 bits per heavy atom. The molecule has 0 unspecified atom stereocenters. The minimum Gasteiger partial charge on any atom is -0.331 e. The molecule has 2 rings (SSSR count). The molecule has 23 heavy (non-hydrogen) atoms. The summed E-state index contributed by atoms with van der Waals surface area (Å²) in [6, 6.07) is 8.25. The van der Waals surface area contributed by atoms with Gasteiger partial charge in [0.2, 0.25) is 0 Å². The van der Waals surface area contributed by atoms with E-state index in [9.17, 15) is 4.91 Å². The fourth-order valence-corrected chi connectivity index (χ4v) is 3.05. The highest BCUT2D eigenvalue weighted by Crippen LogP contribution is 2.40. The number of para-hydroxylation sites is 2. The third-order valence-corrected chi connectivity index (χ3v) is 4.28. The van der Waals surface area contributed by atoms with Crippen LogP contribution < -0.4 is 9.80 Å². The minimum atomic E-state index is 0.868. The topological polar surface area (TPSA) is 35.9 Å². The normalized spacial score (nSPS) is 16.1. The van der Waals surface area contributed by atoms with Crippen LogP contribution in [0.2, 0.25) is 0 Å². The van der Waals surface area contributed by atoms with Crippen LogP contribution >= 0.6 is 0 Å². The van der Waals surface area contributed by atoms with Gasteiger partial charge in [-0.05, 0) is 36.6 Å². The second-order valence-corrected chi connectivity index (χ2v) is 7.22. The number of anilines is 2. The summed E-state index contributed by atoms with van der Waals surface area (Å²) in [6.45, 7) is 2.14. The molecule has 1 aromatic rings. The average molecular weight is 317 g/mol. The lowest BCUT2D eigenvalue weighted by atomic mass is 10.1. The maximum atomic E-state index is 10.7. The SMILES string of the molecule is CN1/C(=C\N=O)N(CCCCCC[N+](C)(C)C)c2ccccc21. The van der Waals surface area contributed by atoms with Crippen LogP contribution in [-0.4, -0.2) is 45.8 Å². The molecule has 0 radical (unpaired) electrons. The molecule has 1 heterocycles. The maximum absolute atomic E-state index is 10.7. The highest BCUT2D eigenvalue weighted by molar-refractivity contribution is 5.82. The van der Waals surface area contributed by atoms with E-state index in [2.05, 4.69) is 43.4 Å². The first kappa shape index (κ1) is 17.5. The lowest BCUT2D eigenvalue weighted by Gasteiger charge is -2.24. The largest absolute Gasteiger partial charge is 0.331 e. The van der Waals surface area contributed by atoms with Gasteiger partial charge in [-0.25, -0.2) is 0 Å². The van der Waals surface area contributed by atoms with Crippen LogP contribution in [0.3, 0.4) is 0 Å². The van der Waals surface area contributed by atoms with Gasteiger partial charge in [0, 0.05) is 13.6 Å². The van der Waals surface area contributed by atoms with Crippen LogP contribution in [0.15, 0.2) is 41.5 Å². The molecule has 1 aromatic carbocycles. The average Bonchev–Trinajstić information content (AvgIpc) is 2.76. The molecule has 0 amide bonds. The van der Waals surface area contributed by atoms with Crippen molar-refractivity contribution in [2.75, 3.05) is 51.1 Å². The number of nitrogens with zero attached hydrogens (tertiary/aromatic N) is 4. The van der Waals surface area contributed by atoms with Gasteiger partial charge < -0.3 is 14.3 Å². The maximum Gasteiger partial charge on any atom is 0.135 e. The summed E-state index contributed by atoms with van der Waals surface area (Å²) in [4.78, 5) is 15.0. The van der Waals surface area contributed by atoms with E-state index in [-0.39, 0.29) is 0 Å². The van der Waals surface area contributed by atoms with E-state index in [1.807, 2.05) is 24.1 Å². The monoisotopic (exact) mass is 317 g/mol. The number of rotatable bonds is 8. The Balaban J connectivity index is 1.90. The van der Waals surface area contributed by atoms with Gasteiger partial charge in [0.15, 0.2) is 0 Å². The third-order valence-electron chi connectivity index (χ3n) is 4.28. The Labute approximate surface area is 139 Å². The molecule has 5 heteroatoms. The first-order chi connectivity index (χ1) is 10.9. The Morgan fingerprint density at radius 2 is 1.70 bits per heavy atom. The van der Waals surface area contributed by atoms with Gasteiger partial charge >= 0.3 is 0 Å². The predicted molar refractivity (Wildman–Crippen MR) is 97.4 cm³/mol. The van der Waals surface area contributed by atoms with Crippen LogP contribution in [0, 0.1) is 4.91 Å². The van der Waals surface area contributed by atoms with Crippen molar-refractivity contribution in [3.05, 3.63) is 41.2 Å². The van der Waals surface area contributed by atoms with Crippen molar-refractivity contribution in [3.63, 3.8) is 0 Å². The molecule has 0 saturated heterocycles. The van der Waals surface area contributed by atoms with Gasteiger partial charge in [0.1, 0.15) is 12.0 Å². The van der Waals surface area contributed by atoms with Gasteiger partial charge in [0.25, 0.3) is 0 Å². The summed E-state index contributed by atoms with van der Waals surface area (Å²) in [5.41, 5.74) is 2.30. The number of hydrogen-bond acceptors (Lipinski definition) is 4. The molecule has 0 fully saturated rings. The van der Waals surface area contributed by atoms with E-state index in [1.54, 1.807) is 0 Å². The predicted octanol–water partition coefficient (Wildman–Crippen LogP) is 3.77. The van der Waals surface area contributed by atoms with Gasteiger partial charge in [0.05, 0.1) is 39.1 Å². The first-order valence-electron chi connectivity index (χ1n) is 8.37. The van der Waals surface area contributed by atoms with E-state index in [0.717, 1.165) is 34.6 Å². The molecule has 0 saturated carbocycles. The number of quaternary nitrogens is 1. The second-order valence-electron chi connectivity index (χ2n) is 7.22. The fourth-order valence-electron chi connectivity index (χ4n) is 3.05. The van der Waals surface area contributed by atoms with Crippen LogP contribution in [0.5, 0.6) is 0 Å². The molecular weight excluding hydrogens is 288 g/mol. The van der Waals surface area contributed by atoms with Crippen molar-refractivity contribution in [3.8, 4) is 0 Å². The Kier molecular flexibility index (Phi) is 5.77. The van der Waals surface area contributed by atoms with Crippen molar-refractivity contribution in [2.24, 2.45) is 5.18 Å². The van der Waals surface area contributed by atoms with E-state index >= 15 is 0 Å². The van der Waals surface area contributed by atoms with Crippen molar-refractivity contribution < 1.29 is 4.48 Å². The van der Waals surface area contributed by atoms with Gasteiger partial charge in [-0.1, -0.05) is 18.6 Å². The molecule has 0 aliphatic carbocycles. The fraction of sp³-hybridized carbons (Fsp3) is 0.556. The van der Waals surface area contributed by atoms with Gasteiger partial charge in [-0.15, -0.1) is 4.91 Å². The zero-order valence-corrected chi connectivity index (χ0v) is 14.8.